The summed E-state index contributed by atoms with van der Waals surface area (Å²) in [6, 6.07) is 21.6. The zero-order valence-electron chi connectivity index (χ0n) is 23.1. The van der Waals surface area contributed by atoms with E-state index in [2.05, 4.69) is 19.2 Å². The van der Waals surface area contributed by atoms with Crippen LogP contribution in [0.15, 0.2) is 83.8 Å². The number of hydrogen-bond acceptors (Lipinski definition) is 5. The van der Waals surface area contributed by atoms with Gasteiger partial charge in [0.2, 0.25) is 11.8 Å². The highest BCUT2D eigenvalue weighted by Gasteiger charge is 2.33. The molecule has 0 heterocycles. The van der Waals surface area contributed by atoms with Crippen molar-refractivity contribution in [2.24, 2.45) is 0 Å². The van der Waals surface area contributed by atoms with E-state index in [1.165, 1.54) is 24.1 Å². The summed E-state index contributed by atoms with van der Waals surface area (Å²) in [5.74, 6) is 0.0516. The Bertz CT molecular complexity index is 1360. The van der Waals surface area contributed by atoms with Crippen molar-refractivity contribution in [1.82, 2.24) is 10.2 Å². The van der Waals surface area contributed by atoms with Crippen LogP contribution in [0.2, 0.25) is 0 Å². The average molecular weight is 552 g/mol. The first-order chi connectivity index (χ1) is 18.6. The summed E-state index contributed by atoms with van der Waals surface area (Å²) in [5, 5.41) is 2.63. The Morgan fingerprint density at radius 2 is 1.62 bits per heavy atom. The molecule has 2 amide bonds. The van der Waals surface area contributed by atoms with Gasteiger partial charge in [-0.3, -0.25) is 13.9 Å². The first-order valence-corrected chi connectivity index (χ1v) is 14.4. The van der Waals surface area contributed by atoms with Crippen molar-refractivity contribution in [2.45, 2.75) is 50.6 Å². The second-order valence-corrected chi connectivity index (χ2v) is 11.3. The fourth-order valence-corrected chi connectivity index (χ4v) is 5.76. The van der Waals surface area contributed by atoms with Crippen LogP contribution < -0.4 is 14.4 Å². The Kier molecular flexibility index (Phi) is 10.1. The highest BCUT2D eigenvalue weighted by atomic mass is 32.2. The number of nitrogens with one attached hydrogen (secondary N) is 1. The summed E-state index contributed by atoms with van der Waals surface area (Å²) in [6.45, 7) is 5.55. The maximum absolute atomic E-state index is 14.0. The standard InChI is InChI=1S/C30H37N3O5S/c1-6-28(30(35)31-4)32(20-23-11-10-12-26(19-23)38-5)29(34)21-33(25-17-15-24(16-18-25)22(2)3)39(36,37)27-13-8-7-9-14-27/h7-19,22,28H,6,20-21H2,1-5H3,(H,31,35). The van der Waals surface area contributed by atoms with Gasteiger partial charge in [-0.1, -0.05) is 63.2 Å². The van der Waals surface area contributed by atoms with E-state index in [-0.39, 0.29) is 23.3 Å². The smallest absolute Gasteiger partial charge is 0.264 e. The Labute approximate surface area is 231 Å². The van der Waals surface area contributed by atoms with E-state index in [1.807, 2.05) is 25.1 Å². The number of anilines is 1. The number of rotatable bonds is 12. The van der Waals surface area contributed by atoms with Crippen LogP contribution >= 0.6 is 0 Å². The number of nitrogens with zero attached hydrogens (tertiary/aromatic N) is 2. The van der Waals surface area contributed by atoms with Crippen molar-refractivity contribution in [3.63, 3.8) is 0 Å². The third kappa shape index (κ3) is 7.17. The van der Waals surface area contributed by atoms with Gasteiger partial charge in [0.25, 0.3) is 10.0 Å². The lowest BCUT2D eigenvalue weighted by Crippen LogP contribution is -2.51. The van der Waals surface area contributed by atoms with Crippen LogP contribution in [0.4, 0.5) is 5.69 Å². The van der Waals surface area contributed by atoms with Crippen LogP contribution in [0.3, 0.4) is 0 Å². The van der Waals surface area contributed by atoms with E-state index in [0.29, 0.717) is 17.9 Å². The van der Waals surface area contributed by atoms with Gasteiger partial charge in [0.05, 0.1) is 17.7 Å². The molecule has 8 nitrogen and oxygen atoms in total. The SMILES string of the molecule is CCC(C(=O)NC)N(Cc1cccc(OC)c1)C(=O)CN(c1ccc(C(C)C)cc1)S(=O)(=O)c1ccccc1. The predicted octanol–water partition coefficient (Wildman–Crippen LogP) is 4.57. The van der Waals surface area contributed by atoms with Crippen LogP contribution in [-0.4, -0.2) is 51.9 Å². The second kappa shape index (κ2) is 13.3. The lowest BCUT2D eigenvalue weighted by molar-refractivity contribution is -0.140. The summed E-state index contributed by atoms with van der Waals surface area (Å²) in [5.41, 5.74) is 2.17. The van der Waals surface area contributed by atoms with Gasteiger partial charge < -0.3 is 15.0 Å². The molecule has 3 aromatic rings. The first kappa shape index (κ1) is 29.7. The van der Waals surface area contributed by atoms with Gasteiger partial charge in [-0.2, -0.15) is 0 Å². The minimum Gasteiger partial charge on any atom is -0.497 e. The molecule has 3 rings (SSSR count). The first-order valence-electron chi connectivity index (χ1n) is 12.9. The molecule has 1 N–H and O–H groups in total. The van der Waals surface area contributed by atoms with Crippen molar-refractivity contribution in [3.05, 3.63) is 90.0 Å². The number of ether oxygens (including phenoxy) is 1. The van der Waals surface area contributed by atoms with Crippen molar-refractivity contribution < 1.29 is 22.7 Å². The van der Waals surface area contributed by atoms with E-state index < -0.39 is 28.5 Å². The van der Waals surface area contributed by atoms with E-state index >= 15 is 0 Å². The quantitative estimate of drug-likeness (QED) is 0.356. The molecule has 0 aliphatic heterocycles. The molecule has 208 valence electrons. The average Bonchev–Trinajstić information content (AvgIpc) is 2.96. The highest BCUT2D eigenvalue weighted by Crippen LogP contribution is 2.27. The number of hydrogen-bond donors (Lipinski definition) is 1. The highest BCUT2D eigenvalue weighted by molar-refractivity contribution is 7.92. The molecule has 9 heteroatoms. The second-order valence-electron chi connectivity index (χ2n) is 9.48. The minimum atomic E-state index is -4.09. The van der Waals surface area contributed by atoms with Crippen LogP contribution in [-0.2, 0) is 26.2 Å². The summed E-state index contributed by atoms with van der Waals surface area (Å²) < 4.78 is 34.1. The van der Waals surface area contributed by atoms with E-state index in [1.54, 1.807) is 55.6 Å². The number of likely N-dealkylation sites (N-methyl/N-ethyl adjacent to an activating group) is 1. The van der Waals surface area contributed by atoms with Gasteiger partial charge in [0.1, 0.15) is 18.3 Å². The summed E-state index contributed by atoms with van der Waals surface area (Å²) >= 11 is 0. The maximum Gasteiger partial charge on any atom is 0.264 e. The number of benzene rings is 3. The zero-order chi connectivity index (χ0) is 28.6. The summed E-state index contributed by atoms with van der Waals surface area (Å²) in [6.07, 6.45) is 0.351. The number of sulfonamides is 1. The molecule has 0 radical (unpaired) electrons. The minimum absolute atomic E-state index is 0.0726. The number of carbonyl (C=O) groups is 2. The van der Waals surface area contributed by atoms with E-state index in [0.717, 1.165) is 15.4 Å². The zero-order valence-corrected chi connectivity index (χ0v) is 23.9. The molecular weight excluding hydrogens is 514 g/mol. The molecule has 0 spiro atoms. The predicted molar refractivity (Wildman–Crippen MR) is 153 cm³/mol. The number of carbonyl (C=O) groups excluding carboxylic acids is 2. The molecule has 39 heavy (non-hydrogen) atoms. The topological polar surface area (TPSA) is 96.0 Å². The molecule has 3 aromatic carbocycles. The van der Waals surface area contributed by atoms with Crippen molar-refractivity contribution in [3.8, 4) is 5.75 Å². The molecule has 0 saturated carbocycles. The third-order valence-corrected chi connectivity index (χ3v) is 8.37. The fourth-order valence-electron chi connectivity index (χ4n) is 4.33. The Morgan fingerprint density at radius 3 is 2.18 bits per heavy atom. The lowest BCUT2D eigenvalue weighted by atomic mass is 10.0. The normalized spacial score (nSPS) is 12.1. The summed E-state index contributed by atoms with van der Waals surface area (Å²) in [4.78, 5) is 28.3. The lowest BCUT2D eigenvalue weighted by Gasteiger charge is -2.33. The van der Waals surface area contributed by atoms with E-state index in [4.69, 9.17) is 4.74 Å². The molecule has 0 bridgehead atoms. The third-order valence-electron chi connectivity index (χ3n) is 6.58. The maximum atomic E-state index is 14.0. The van der Waals surface area contributed by atoms with E-state index in [9.17, 15) is 18.0 Å². The Morgan fingerprint density at radius 1 is 0.949 bits per heavy atom. The van der Waals surface area contributed by atoms with Crippen molar-refractivity contribution in [2.75, 3.05) is 25.0 Å². The molecule has 0 aromatic heterocycles. The van der Waals surface area contributed by atoms with Crippen molar-refractivity contribution >= 4 is 27.5 Å². The van der Waals surface area contributed by atoms with Crippen LogP contribution in [0.5, 0.6) is 5.75 Å². The van der Waals surface area contributed by atoms with Gasteiger partial charge in [-0.25, -0.2) is 8.42 Å². The fraction of sp³-hybridized carbons (Fsp3) is 0.333. The summed E-state index contributed by atoms with van der Waals surface area (Å²) in [7, 11) is -1.02. The molecule has 0 fully saturated rings. The Hall–Kier alpha value is -3.85. The van der Waals surface area contributed by atoms with Gasteiger partial charge in [0.15, 0.2) is 0 Å². The molecular formula is C30H37N3O5S. The molecule has 1 atom stereocenters. The molecule has 0 aliphatic rings. The number of methoxy groups -OCH3 is 1. The largest absolute Gasteiger partial charge is 0.497 e. The van der Waals surface area contributed by atoms with Crippen molar-refractivity contribution in [1.29, 1.82) is 0 Å². The van der Waals surface area contributed by atoms with Gasteiger partial charge in [0, 0.05) is 13.6 Å². The van der Waals surface area contributed by atoms with Crippen LogP contribution in [0.25, 0.3) is 0 Å². The molecule has 0 aliphatic carbocycles. The molecule has 1 unspecified atom stereocenters. The Balaban J connectivity index is 2.06. The monoisotopic (exact) mass is 551 g/mol. The van der Waals surface area contributed by atoms with Crippen LogP contribution in [0, 0.1) is 0 Å². The van der Waals surface area contributed by atoms with Crippen LogP contribution in [0.1, 0.15) is 44.2 Å². The van der Waals surface area contributed by atoms with Gasteiger partial charge in [-0.05, 0) is 59.9 Å². The number of amides is 2. The van der Waals surface area contributed by atoms with Gasteiger partial charge in [-0.15, -0.1) is 0 Å². The molecule has 0 saturated heterocycles. The van der Waals surface area contributed by atoms with Gasteiger partial charge >= 0.3 is 0 Å².